The maximum absolute atomic E-state index is 11.4. The first kappa shape index (κ1) is 15.1. The van der Waals surface area contributed by atoms with Crippen LogP contribution in [0.25, 0.3) is 0 Å². The van der Waals surface area contributed by atoms with Gasteiger partial charge < -0.3 is 15.2 Å². The number of aliphatic carboxylic acids is 1. The molecule has 94 valence electrons. The molecule has 0 aliphatic carbocycles. The van der Waals surface area contributed by atoms with E-state index in [0.717, 1.165) is 0 Å². The molecular formula is C10H19NO4S. The highest BCUT2D eigenvalue weighted by Gasteiger charge is 2.20. The lowest BCUT2D eigenvalue weighted by Crippen LogP contribution is -2.41. The Labute approximate surface area is 99.9 Å². The maximum atomic E-state index is 11.4. The summed E-state index contributed by atoms with van der Waals surface area (Å²) in [5, 5.41) is 11.2. The number of hydrogen-bond donors (Lipinski definition) is 2. The number of alkyl carbamates (subject to hydrolysis) is 1. The molecule has 0 saturated carbocycles. The van der Waals surface area contributed by atoms with Crippen LogP contribution in [0.5, 0.6) is 0 Å². The number of carboxylic acid groups (broad SMARTS) is 1. The summed E-state index contributed by atoms with van der Waals surface area (Å²) in [5.41, 5.74) is -0.572. The standard InChI is InChI=1S/C10H19NO4S/c1-10(2,3)15-9(14)11-7(6-16-4)5-8(12)13/h7H,5-6H2,1-4H3,(H,11,14)(H,12,13). The van der Waals surface area contributed by atoms with Crippen molar-refractivity contribution in [3.05, 3.63) is 0 Å². The van der Waals surface area contributed by atoms with Crippen molar-refractivity contribution in [3.8, 4) is 0 Å². The highest BCUT2D eigenvalue weighted by molar-refractivity contribution is 7.98. The van der Waals surface area contributed by atoms with Crippen molar-refractivity contribution in [2.45, 2.75) is 38.8 Å². The van der Waals surface area contributed by atoms with E-state index in [4.69, 9.17) is 9.84 Å². The van der Waals surface area contributed by atoms with Gasteiger partial charge in [-0.1, -0.05) is 0 Å². The summed E-state index contributed by atoms with van der Waals surface area (Å²) in [6.07, 6.45) is 1.18. The summed E-state index contributed by atoms with van der Waals surface area (Å²) in [6.45, 7) is 5.27. The lowest BCUT2D eigenvalue weighted by molar-refractivity contribution is -0.137. The molecule has 0 saturated heterocycles. The average Bonchev–Trinajstić information content (AvgIpc) is 1.98. The SMILES string of the molecule is CSCC(CC(=O)O)NC(=O)OC(C)(C)C. The zero-order valence-electron chi connectivity index (χ0n) is 10.1. The number of nitrogens with one attached hydrogen (secondary N) is 1. The molecule has 2 N–H and O–H groups in total. The van der Waals surface area contributed by atoms with Crippen molar-refractivity contribution in [1.82, 2.24) is 5.32 Å². The third-order valence-electron chi connectivity index (χ3n) is 1.51. The predicted molar refractivity (Wildman–Crippen MR) is 63.8 cm³/mol. The van der Waals surface area contributed by atoms with Crippen LogP contribution in [0.15, 0.2) is 0 Å². The van der Waals surface area contributed by atoms with E-state index >= 15 is 0 Å². The number of carbonyl (C=O) groups is 2. The molecule has 0 aliphatic heterocycles. The van der Waals surface area contributed by atoms with Gasteiger partial charge >= 0.3 is 12.1 Å². The van der Waals surface area contributed by atoms with E-state index in [9.17, 15) is 9.59 Å². The van der Waals surface area contributed by atoms with Gasteiger partial charge in [0.1, 0.15) is 5.60 Å². The van der Waals surface area contributed by atoms with E-state index in [-0.39, 0.29) is 6.42 Å². The van der Waals surface area contributed by atoms with Gasteiger partial charge in [-0.05, 0) is 27.0 Å². The molecule has 0 aromatic carbocycles. The summed E-state index contributed by atoms with van der Waals surface area (Å²) >= 11 is 1.48. The van der Waals surface area contributed by atoms with Crippen LogP contribution in [-0.4, -0.2) is 40.8 Å². The molecule has 1 amide bonds. The van der Waals surface area contributed by atoms with E-state index in [1.54, 1.807) is 20.8 Å². The Morgan fingerprint density at radius 2 is 2.00 bits per heavy atom. The molecule has 0 rings (SSSR count). The van der Waals surface area contributed by atoms with Gasteiger partial charge in [-0.2, -0.15) is 11.8 Å². The molecule has 0 aromatic heterocycles. The van der Waals surface area contributed by atoms with Crippen molar-refractivity contribution in [2.75, 3.05) is 12.0 Å². The van der Waals surface area contributed by atoms with Crippen LogP contribution in [-0.2, 0) is 9.53 Å². The number of hydrogen-bond acceptors (Lipinski definition) is 4. The quantitative estimate of drug-likeness (QED) is 0.776. The summed E-state index contributed by atoms with van der Waals surface area (Å²) in [4.78, 5) is 21.9. The number of carboxylic acids is 1. The Hall–Kier alpha value is -0.910. The van der Waals surface area contributed by atoms with Crippen LogP contribution in [0.1, 0.15) is 27.2 Å². The number of carbonyl (C=O) groups excluding carboxylic acids is 1. The highest BCUT2D eigenvalue weighted by atomic mass is 32.2. The Balaban J connectivity index is 4.17. The van der Waals surface area contributed by atoms with Gasteiger partial charge in [0.05, 0.1) is 12.5 Å². The predicted octanol–water partition coefficient (Wildman–Crippen LogP) is 1.72. The first-order valence-corrected chi connectivity index (χ1v) is 6.34. The number of rotatable bonds is 5. The van der Waals surface area contributed by atoms with Gasteiger partial charge in [0.2, 0.25) is 0 Å². The fourth-order valence-electron chi connectivity index (χ4n) is 1.04. The third-order valence-corrected chi connectivity index (χ3v) is 2.25. The van der Waals surface area contributed by atoms with E-state index < -0.39 is 23.7 Å². The van der Waals surface area contributed by atoms with Gasteiger partial charge in [-0.3, -0.25) is 4.79 Å². The fourth-order valence-corrected chi connectivity index (χ4v) is 1.64. The van der Waals surface area contributed by atoms with E-state index in [2.05, 4.69) is 5.32 Å². The Kier molecular flexibility index (Phi) is 6.25. The molecule has 0 heterocycles. The molecule has 0 bridgehead atoms. The van der Waals surface area contributed by atoms with Crippen LogP contribution in [0, 0.1) is 0 Å². The fraction of sp³-hybridized carbons (Fsp3) is 0.800. The second-order valence-electron chi connectivity index (χ2n) is 4.40. The van der Waals surface area contributed by atoms with Crippen LogP contribution < -0.4 is 5.32 Å². The Morgan fingerprint density at radius 1 is 1.44 bits per heavy atom. The molecular weight excluding hydrogens is 230 g/mol. The lowest BCUT2D eigenvalue weighted by atomic mass is 10.2. The lowest BCUT2D eigenvalue weighted by Gasteiger charge is -2.22. The van der Waals surface area contributed by atoms with Gasteiger partial charge in [-0.25, -0.2) is 4.79 Å². The largest absolute Gasteiger partial charge is 0.481 e. The minimum atomic E-state index is -0.935. The topological polar surface area (TPSA) is 75.6 Å². The maximum Gasteiger partial charge on any atom is 0.407 e. The Bertz CT molecular complexity index is 250. The van der Waals surface area contributed by atoms with Crippen molar-refractivity contribution < 1.29 is 19.4 Å². The van der Waals surface area contributed by atoms with Crippen LogP contribution in [0.2, 0.25) is 0 Å². The van der Waals surface area contributed by atoms with Gasteiger partial charge in [0, 0.05) is 5.75 Å². The van der Waals surface area contributed by atoms with E-state index in [1.165, 1.54) is 11.8 Å². The average molecular weight is 249 g/mol. The first-order valence-electron chi connectivity index (χ1n) is 4.95. The number of amides is 1. The van der Waals surface area contributed by atoms with E-state index in [0.29, 0.717) is 5.75 Å². The van der Waals surface area contributed by atoms with Gasteiger partial charge in [-0.15, -0.1) is 0 Å². The summed E-state index contributed by atoms with van der Waals surface area (Å²) in [5.74, 6) is -0.388. The monoisotopic (exact) mass is 249 g/mol. The zero-order chi connectivity index (χ0) is 12.8. The van der Waals surface area contributed by atoms with Gasteiger partial charge in [0.25, 0.3) is 0 Å². The number of thioether (sulfide) groups is 1. The molecule has 0 radical (unpaired) electrons. The van der Waals surface area contributed by atoms with E-state index in [1.807, 2.05) is 6.26 Å². The van der Waals surface area contributed by atoms with Crippen LogP contribution in [0.4, 0.5) is 4.79 Å². The molecule has 0 aliphatic rings. The minimum Gasteiger partial charge on any atom is -0.481 e. The normalized spacial score (nSPS) is 13.0. The second-order valence-corrected chi connectivity index (χ2v) is 5.31. The van der Waals surface area contributed by atoms with Crippen molar-refractivity contribution in [2.24, 2.45) is 0 Å². The van der Waals surface area contributed by atoms with Crippen LogP contribution in [0.3, 0.4) is 0 Å². The highest BCUT2D eigenvalue weighted by Crippen LogP contribution is 2.08. The summed E-state index contributed by atoms with van der Waals surface area (Å²) in [7, 11) is 0. The summed E-state index contributed by atoms with van der Waals surface area (Å²) < 4.78 is 5.04. The molecule has 6 heteroatoms. The van der Waals surface area contributed by atoms with Gasteiger partial charge in [0.15, 0.2) is 0 Å². The minimum absolute atomic E-state index is 0.0971. The molecule has 5 nitrogen and oxygen atoms in total. The van der Waals surface area contributed by atoms with Crippen molar-refractivity contribution in [3.63, 3.8) is 0 Å². The molecule has 1 atom stereocenters. The summed E-state index contributed by atoms with van der Waals surface area (Å²) in [6, 6.07) is -0.401. The Morgan fingerprint density at radius 3 is 2.38 bits per heavy atom. The molecule has 0 fully saturated rings. The molecule has 1 unspecified atom stereocenters. The van der Waals surface area contributed by atoms with Crippen LogP contribution >= 0.6 is 11.8 Å². The zero-order valence-corrected chi connectivity index (χ0v) is 10.9. The first-order chi connectivity index (χ1) is 7.24. The third kappa shape index (κ3) is 8.40. The molecule has 16 heavy (non-hydrogen) atoms. The smallest absolute Gasteiger partial charge is 0.407 e. The van der Waals surface area contributed by atoms with Crippen molar-refractivity contribution >= 4 is 23.8 Å². The number of ether oxygens (including phenoxy) is 1. The molecule has 0 spiro atoms. The molecule has 0 aromatic rings. The second kappa shape index (κ2) is 6.62. The van der Waals surface area contributed by atoms with Crippen molar-refractivity contribution in [1.29, 1.82) is 0 Å².